The van der Waals surface area contributed by atoms with Crippen LogP contribution in [0.15, 0.2) is 87.5 Å². The fraction of sp³-hybridized carbons (Fsp3) is 0.273. The van der Waals surface area contributed by atoms with Crippen molar-refractivity contribution in [3.05, 3.63) is 98.5 Å². The minimum atomic E-state index is -4.84. The number of para-hydroxylation sites is 1. The molecule has 1 aromatic heterocycles. The molecule has 3 atom stereocenters. The van der Waals surface area contributed by atoms with Gasteiger partial charge in [0, 0.05) is 35.3 Å². The van der Waals surface area contributed by atoms with E-state index in [4.69, 9.17) is 5.14 Å². The Hall–Kier alpha value is -4.45. The molecule has 3 aromatic carbocycles. The van der Waals surface area contributed by atoms with E-state index in [1.54, 1.807) is 12.1 Å². The summed E-state index contributed by atoms with van der Waals surface area (Å²) in [5.74, 6) is -4.34. The molecule has 1 saturated heterocycles. The number of rotatable bonds is 9. The Balaban J connectivity index is 1.41. The molecule has 3 heterocycles. The Kier molecular flexibility index (Phi) is 9.45. The maximum atomic E-state index is 14.2. The van der Waals surface area contributed by atoms with Crippen molar-refractivity contribution in [2.45, 2.75) is 47.7 Å². The molecule has 2 aliphatic heterocycles. The highest BCUT2D eigenvalue weighted by molar-refractivity contribution is 8.00. The molecule has 1 fully saturated rings. The largest absolute Gasteiger partial charge is 0.418 e. The standard InChI is InChI=1S/C33H30F3N5O6S3/c1-3-39(4-2)20-13-9-18(10-14-20)25-26-27(30(44)41(29(26)43)23-8-6-5-7-22(23)33(34,35)36)48-31-28(25)49-32(45)40(31)17-24(42)38-19-11-15-21(16-12-19)50(37,46)47/h5-16,25-27H,3-4,17H2,1-2H3,(H,38,42)(H2,37,46,47)/t25-,26?,27?/m1/s1. The van der Waals surface area contributed by atoms with Crippen LogP contribution in [0.3, 0.4) is 0 Å². The van der Waals surface area contributed by atoms with Gasteiger partial charge in [0.2, 0.25) is 27.7 Å². The third kappa shape index (κ3) is 6.45. The lowest BCUT2D eigenvalue weighted by Crippen LogP contribution is -2.33. The topological polar surface area (TPSA) is 152 Å². The van der Waals surface area contributed by atoms with Crippen molar-refractivity contribution in [1.29, 1.82) is 0 Å². The van der Waals surface area contributed by atoms with Crippen LogP contribution in [0.5, 0.6) is 0 Å². The normalized spacial score (nSPS) is 18.9. The summed E-state index contributed by atoms with van der Waals surface area (Å²) in [6.45, 7) is 4.96. The van der Waals surface area contributed by atoms with Crippen molar-refractivity contribution >= 4 is 67.9 Å². The first-order chi connectivity index (χ1) is 23.6. The van der Waals surface area contributed by atoms with Crippen molar-refractivity contribution in [2.75, 3.05) is 28.2 Å². The maximum Gasteiger partial charge on any atom is 0.418 e. The Morgan fingerprint density at radius 2 is 1.58 bits per heavy atom. The Morgan fingerprint density at radius 1 is 0.940 bits per heavy atom. The number of primary sulfonamides is 1. The highest BCUT2D eigenvalue weighted by Crippen LogP contribution is 2.54. The van der Waals surface area contributed by atoms with Gasteiger partial charge in [0.15, 0.2) is 0 Å². The van der Waals surface area contributed by atoms with E-state index in [1.807, 2.05) is 26.0 Å². The van der Waals surface area contributed by atoms with Gasteiger partial charge in [-0.05, 0) is 67.9 Å². The second-order valence-electron chi connectivity index (χ2n) is 11.6. The zero-order valence-electron chi connectivity index (χ0n) is 26.5. The van der Waals surface area contributed by atoms with Gasteiger partial charge in [0.05, 0.1) is 27.1 Å². The van der Waals surface area contributed by atoms with Gasteiger partial charge in [-0.1, -0.05) is 47.4 Å². The Morgan fingerprint density at radius 3 is 2.18 bits per heavy atom. The summed E-state index contributed by atoms with van der Waals surface area (Å²) in [5.41, 5.74) is 0.00115. The molecule has 0 saturated carbocycles. The molecule has 2 unspecified atom stereocenters. The number of anilines is 3. The number of hydrogen-bond donors (Lipinski definition) is 2. The van der Waals surface area contributed by atoms with Gasteiger partial charge < -0.3 is 10.2 Å². The van der Waals surface area contributed by atoms with Crippen LogP contribution in [0.1, 0.15) is 35.8 Å². The van der Waals surface area contributed by atoms with Crippen LogP contribution in [0.2, 0.25) is 0 Å². The van der Waals surface area contributed by atoms with Gasteiger partial charge in [0.1, 0.15) is 11.8 Å². The zero-order chi connectivity index (χ0) is 36.1. The number of aromatic nitrogens is 1. The quantitative estimate of drug-likeness (QED) is 0.231. The lowest BCUT2D eigenvalue weighted by Gasteiger charge is -2.31. The Labute approximate surface area is 292 Å². The molecular formula is C33H30F3N5O6S3. The lowest BCUT2D eigenvalue weighted by atomic mass is 9.83. The van der Waals surface area contributed by atoms with Gasteiger partial charge >= 0.3 is 11.0 Å². The number of sulfonamides is 1. The lowest BCUT2D eigenvalue weighted by molar-refractivity contribution is -0.137. The van der Waals surface area contributed by atoms with E-state index in [-0.39, 0.29) is 15.6 Å². The number of carbonyl (C=O) groups is 3. The van der Waals surface area contributed by atoms with Crippen molar-refractivity contribution in [3.8, 4) is 0 Å². The van der Waals surface area contributed by atoms with Gasteiger partial charge in [-0.2, -0.15) is 13.2 Å². The first kappa shape index (κ1) is 35.4. The molecule has 0 spiro atoms. The fourth-order valence-corrected chi connectivity index (χ4v) is 9.60. The first-order valence-electron chi connectivity index (χ1n) is 15.4. The van der Waals surface area contributed by atoms with Gasteiger partial charge in [-0.25, -0.2) is 18.5 Å². The Bertz CT molecular complexity index is 2150. The van der Waals surface area contributed by atoms with Crippen LogP contribution >= 0.6 is 23.1 Å². The molecule has 262 valence electrons. The third-order valence-electron chi connectivity index (χ3n) is 8.65. The number of alkyl halides is 3. The smallest absolute Gasteiger partial charge is 0.372 e. The SMILES string of the molecule is CCN(CC)c1ccc([C@H]2c3sc(=O)n(CC(=O)Nc4ccc(S(N)(=O)=O)cc4)c3SC3C(=O)N(c4ccccc4C(F)(F)F)C(=O)C32)cc1. The van der Waals surface area contributed by atoms with Crippen molar-refractivity contribution in [3.63, 3.8) is 0 Å². The average Bonchev–Trinajstić information content (AvgIpc) is 3.51. The highest BCUT2D eigenvalue weighted by Gasteiger charge is 2.57. The number of thioether (sulfide) groups is 1. The van der Waals surface area contributed by atoms with Crippen LogP contribution < -0.4 is 25.1 Å². The van der Waals surface area contributed by atoms with Crippen molar-refractivity contribution in [1.82, 2.24) is 4.57 Å². The number of nitrogens with two attached hydrogens (primary N) is 1. The number of fused-ring (bicyclic) bond motifs is 2. The van der Waals surface area contributed by atoms with Gasteiger partial charge in [0.25, 0.3) is 0 Å². The van der Waals surface area contributed by atoms with Crippen molar-refractivity contribution < 1.29 is 36.0 Å². The molecule has 3 N–H and O–H groups in total. The minimum absolute atomic E-state index is 0.163. The number of carbonyl (C=O) groups excluding carboxylic acids is 3. The van der Waals surface area contributed by atoms with Crippen LogP contribution in [0, 0.1) is 5.92 Å². The van der Waals surface area contributed by atoms with E-state index in [9.17, 15) is 40.8 Å². The molecule has 0 aliphatic carbocycles. The number of halogens is 3. The number of amides is 3. The number of benzene rings is 3. The molecule has 2 aliphatic rings. The zero-order valence-corrected chi connectivity index (χ0v) is 29.0. The van der Waals surface area contributed by atoms with E-state index < -0.39 is 73.7 Å². The van der Waals surface area contributed by atoms with E-state index >= 15 is 0 Å². The summed E-state index contributed by atoms with van der Waals surface area (Å²) in [5, 5.41) is 6.79. The van der Waals surface area contributed by atoms with Gasteiger partial charge in [-0.15, -0.1) is 0 Å². The summed E-state index contributed by atoms with van der Waals surface area (Å²) < 4.78 is 66.6. The van der Waals surface area contributed by atoms with E-state index in [1.165, 1.54) is 41.0 Å². The molecular weight excluding hydrogens is 716 g/mol. The summed E-state index contributed by atoms with van der Waals surface area (Å²) >= 11 is 1.68. The molecule has 4 aromatic rings. The molecule has 0 radical (unpaired) electrons. The summed E-state index contributed by atoms with van der Waals surface area (Å²) in [4.78, 5) is 57.2. The molecule has 0 bridgehead atoms. The second kappa shape index (κ2) is 13.4. The summed E-state index contributed by atoms with van der Waals surface area (Å²) in [6, 6.07) is 16.7. The molecule has 50 heavy (non-hydrogen) atoms. The second-order valence-corrected chi connectivity index (χ2v) is 15.3. The highest BCUT2D eigenvalue weighted by atomic mass is 32.2. The molecule has 17 heteroatoms. The number of thiazole rings is 1. The third-order valence-corrected chi connectivity index (χ3v) is 12.2. The molecule has 11 nitrogen and oxygen atoms in total. The first-order valence-corrected chi connectivity index (χ1v) is 18.6. The van der Waals surface area contributed by atoms with Crippen LogP contribution in [0.4, 0.5) is 30.2 Å². The summed E-state index contributed by atoms with van der Waals surface area (Å²) in [6.07, 6.45) is -4.84. The average molecular weight is 746 g/mol. The maximum absolute atomic E-state index is 14.2. The number of nitrogens with one attached hydrogen (secondary N) is 1. The molecule has 3 amide bonds. The van der Waals surface area contributed by atoms with Gasteiger partial charge in [-0.3, -0.25) is 23.7 Å². The van der Waals surface area contributed by atoms with Crippen LogP contribution in [-0.2, 0) is 37.1 Å². The van der Waals surface area contributed by atoms with E-state index in [0.717, 1.165) is 54.0 Å². The predicted octanol–water partition coefficient (Wildman–Crippen LogP) is 4.86. The van der Waals surface area contributed by atoms with E-state index in [0.29, 0.717) is 15.3 Å². The summed E-state index contributed by atoms with van der Waals surface area (Å²) in [7, 11) is -3.96. The van der Waals surface area contributed by atoms with E-state index in [2.05, 4.69) is 10.2 Å². The van der Waals surface area contributed by atoms with Crippen LogP contribution in [-0.4, -0.2) is 49.0 Å². The molecule has 6 rings (SSSR count). The fourth-order valence-electron chi connectivity index (χ4n) is 6.31. The minimum Gasteiger partial charge on any atom is -0.372 e. The number of imide groups is 1. The number of nitrogens with zero attached hydrogens (tertiary/aromatic N) is 3. The number of hydrogen-bond acceptors (Lipinski definition) is 9. The monoisotopic (exact) mass is 745 g/mol. The van der Waals surface area contributed by atoms with Crippen molar-refractivity contribution in [2.24, 2.45) is 11.1 Å². The van der Waals surface area contributed by atoms with Crippen LogP contribution in [0.25, 0.3) is 0 Å². The predicted molar refractivity (Wildman–Crippen MR) is 184 cm³/mol.